The molecule has 2 aromatic carbocycles. The first kappa shape index (κ1) is 19.7. The minimum Gasteiger partial charge on any atom is -0.338 e. The second-order valence-electron chi connectivity index (χ2n) is 6.91. The lowest BCUT2D eigenvalue weighted by Crippen LogP contribution is -2.03. The van der Waals surface area contributed by atoms with Crippen LogP contribution in [0.4, 0.5) is 0 Å². The molecular weight excluding hydrogens is 426 g/mol. The van der Waals surface area contributed by atoms with E-state index in [1.807, 2.05) is 42.5 Å². The molecule has 0 unspecified atom stereocenters. The molecule has 0 aliphatic rings. The number of rotatable bonds is 8. The largest absolute Gasteiger partial charge is 0.338 e. The molecule has 0 atom stereocenters. The maximum absolute atomic E-state index is 5.46. The average molecular weight is 446 g/mol. The lowest BCUT2D eigenvalue weighted by molar-refractivity contribution is 0.385. The molecule has 154 valence electrons. The Morgan fingerprint density at radius 2 is 1.65 bits per heavy atom. The zero-order valence-corrected chi connectivity index (χ0v) is 18.2. The minimum atomic E-state index is 0.541. The maximum atomic E-state index is 5.46. The third-order valence-electron chi connectivity index (χ3n) is 4.68. The van der Waals surface area contributed by atoms with Gasteiger partial charge in [0.2, 0.25) is 5.89 Å². The SMILES string of the molecule is c1ccc(Cc2noc(CSc3nnc(-c4cccs4)n3Cc3ccccc3)n2)cc1. The molecule has 3 heterocycles. The van der Waals surface area contributed by atoms with Crippen LogP contribution in [0.1, 0.15) is 22.8 Å². The summed E-state index contributed by atoms with van der Waals surface area (Å²) < 4.78 is 7.60. The first-order valence-corrected chi connectivity index (χ1v) is 11.7. The molecule has 3 aromatic heterocycles. The number of thioether (sulfide) groups is 1. The second-order valence-corrected chi connectivity index (χ2v) is 8.80. The summed E-state index contributed by atoms with van der Waals surface area (Å²) in [5, 5.41) is 15.9. The van der Waals surface area contributed by atoms with Crippen LogP contribution in [0, 0.1) is 0 Å². The van der Waals surface area contributed by atoms with E-state index in [0.717, 1.165) is 21.4 Å². The smallest absolute Gasteiger partial charge is 0.237 e. The number of aromatic nitrogens is 5. The summed E-state index contributed by atoms with van der Waals surface area (Å²) in [6.45, 7) is 0.701. The van der Waals surface area contributed by atoms with Crippen LogP contribution >= 0.6 is 23.1 Å². The Bertz CT molecular complexity index is 1230. The quantitative estimate of drug-likeness (QED) is 0.301. The summed E-state index contributed by atoms with van der Waals surface area (Å²) in [6, 6.07) is 24.6. The highest BCUT2D eigenvalue weighted by molar-refractivity contribution is 7.98. The second kappa shape index (κ2) is 9.28. The van der Waals surface area contributed by atoms with Crippen LogP contribution < -0.4 is 0 Å². The van der Waals surface area contributed by atoms with Crippen LogP contribution in [0.5, 0.6) is 0 Å². The molecule has 0 N–H and O–H groups in total. The fraction of sp³-hybridized carbons (Fsp3) is 0.130. The molecule has 0 radical (unpaired) electrons. The van der Waals surface area contributed by atoms with Crippen LogP contribution in [0.15, 0.2) is 87.9 Å². The van der Waals surface area contributed by atoms with E-state index in [-0.39, 0.29) is 0 Å². The zero-order chi connectivity index (χ0) is 20.9. The highest BCUT2D eigenvalue weighted by atomic mass is 32.2. The van der Waals surface area contributed by atoms with Crippen molar-refractivity contribution in [1.29, 1.82) is 0 Å². The van der Waals surface area contributed by atoms with E-state index in [9.17, 15) is 0 Å². The standard InChI is InChI=1S/C23H19N5OS2/c1-3-8-17(9-4-1)14-20-24-21(29-27-20)16-31-23-26-25-22(19-12-7-13-30-19)28(23)15-18-10-5-2-6-11-18/h1-13H,14-16H2. The predicted octanol–water partition coefficient (Wildman–Crippen LogP) is 5.32. The number of nitrogens with zero attached hydrogens (tertiary/aromatic N) is 5. The van der Waals surface area contributed by atoms with Crippen molar-refractivity contribution in [3.63, 3.8) is 0 Å². The van der Waals surface area contributed by atoms with Crippen LogP contribution in [0.2, 0.25) is 0 Å². The van der Waals surface area contributed by atoms with Crippen LogP contribution in [0.25, 0.3) is 10.7 Å². The Balaban J connectivity index is 1.33. The van der Waals surface area contributed by atoms with Gasteiger partial charge >= 0.3 is 0 Å². The minimum absolute atomic E-state index is 0.541. The Kier molecular flexibility index (Phi) is 5.90. The molecule has 5 rings (SSSR count). The van der Waals surface area contributed by atoms with Gasteiger partial charge in [0.1, 0.15) is 0 Å². The number of hydrogen-bond acceptors (Lipinski definition) is 7. The average Bonchev–Trinajstić information content (AvgIpc) is 3.56. The summed E-state index contributed by atoms with van der Waals surface area (Å²) in [5.74, 6) is 2.69. The van der Waals surface area contributed by atoms with E-state index in [0.29, 0.717) is 30.4 Å². The van der Waals surface area contributed by atoms with Gasteiger partial charge in [-0.25, -0.2) is 0 Å². The van der Waals surface area contributed by atoms with E-state index < -0.39 is 0 Å². The van der Waals surface area contributed by atoms with Crippen molar-refractivity contribution in [3.8, 4) is 10.7 Å². The third-order valence-corrected chi connectivity index (χ3v) is 6.50. The number of hydrogen-bond donors (Lipinski definition) is 0. The molecule has 0 saturated heterocycles. The lowest BCUT2D eigenvalue weighted by atomic mass is 10.1. The van der Waals surface area contributed by atoms with Crippen molar-refractivity contribution in [2.75, 3.05) is 0 Å². The summed E-state index contributed by atoms with van der Waals surface area (Å²) in [7, 11) is 0. The summed E-state index contributed by atoms with van der Waals surface area (Å²) in [6.07, 6.45) is 0.654. The summed E-state index contributed by atoms with van der Waals surface area (Å²) in [4.78, 5) is 5.63. The molecule has 0 aliphatic carbocycles. The molecule has 8 heteroatoms. The number of thiophene rings is 1. The Hall–Kier alpha value is -3.23. The van der Waals surface area contributed by atoms with Gasteiger partial charge in [-0.05, 0) is 22.6 Å². The van der Waals surface area contributed by atoms with E-state index in [1.165, 1.54) is 5.56 Å². The zero-order valence-electron chi connectivity index (χ0n) is 16.6. The molecule has 6 nitrogen and oxygen atoms in total. The van der Waals surface area contributed by atoms with E-state index in [4.69, 9.17) is 4.52 Å². The molecule has 0 amide bonds. The van der Waals surface area contributed by atoms with Crippen LogP contribution in [-0.2, 0) is 18.7 Å². The number of benzene rings is 2. The molecule has 5 aromatic rings. The summed E-state index contributed by atoms with van der Waals surface area (Å²) in [5.41, 5.74) is 2.36. The van der Waals surface area contributed by atoms with Crippen molar-refractivity contribution in [2.45, 2.75) is 23.9 Å². The van der Waals surface area contributed by atoms with Gasteiger partial charge in [0.05, 0.1) is 17.2 Å². The van der Waals surface area contributed by atoms with Gasteiger partial charge in [0.15, 0.2) is 16.8 Å². The maximum Gasteiger partial charge on any atom is 0.237 e. The third kappa shape index (κ3) is 4.76. The van der Waals surface area contributed by atoms with Gasteiger partial charge in [-0.1, -0.05) is 83.6 Å². The van der Waals surface area contributed by atoms with Gasteiger partial charge < -0.3 is 4.52 Å². The lowest BCUT2D eigenvalue weighted by Gasteiger charge is -2.09. The van der Waals surface area contributed by atoms with Crippen molar-refractivity contribution >= 4 is 23.1 Å². The van der Waals surface area contributed by atoms with E-state index >= 15 is 0 Å². The normalized spacial score (nSPS) is 11.1. The van der Waals surface area contributed by atoms with E-state index in [2.05, 4.69) is 60.6 Å². The molecular formula is C23H19N5OS2. The highest BCUT2D eigenvalue weighted by Gasteiger charge is 2.17. The van der Waals surface area contributed by atoms with Crippen molar-refractivity contribution in [1.82, 2.24) is 24.9 Å². The fourth-order valence-corrected chi connectivity index (χ4v) is 4.71. The first-order valence-electron chi connectivity index (χ1n) is 9.84. The van der Waals surface area contributed by atoms with Crippen LogP contribution in [0.3, 0.4) is 0 Å². The molecule has 0 aliphatic heterocycles. The van der Waals surface area contributed by atoms with E-state index in [1.54, 1.807) is 23.1 Å². The van der Waals surface area contributed by atoms with Gasteiger partial charge in [0, 0.05) is 6.42 Å². The topological polar surface area (TPSA) is 69.6 Å². The first-order chi connectivity index (χ1) is 15.3. The Morgan fingerprint density at radius 1 is 0.871 bits per heavy atom. The van der Waals surface area contributed by atoms with Gasteiger partial charge in [0.25, 0.3) is 0 Å². The van der Waals surface area contributed by atoms with Crippen LogP contribution in [-0.4, -0.2) is 24.9 Å². The molecule has 31 heavy (non-hydrogen) atoms. The fourth-order valence-electron chi connectivity index (χ4n) is 3.22. The Labute approximate surface area is 188 Å². The van der Waals surface area contributed by atoms with Crippen molar-refractivity contribution in [3.05, 3.63) is 101 Å². The summed E-state index contributed by atoms with van der Waals surface area (Å²) >= 11 is 3.21. The van der Waals surface area contributed by atoms with Crippen molar-refractivity contribution in [2.24, 2.45) is 0 Å². The molecule has 0 spiro atoms. The van der Waals surface area contributed by atoms with Crippen molar-refractivity contribution < 1.29 is 4.52 Å². The Morgan fingerprint density at radius 3 is 2.39 bits per heavy atom. The predicted molar refractivity (Wildman–Crippen MR) is 122 cm³/mol. The molecule has 0 saturated carbocycles. The van der Waals surface area contributed by atoms with Gasteiger partial charge in [-0.15, -0.1) is 21.5 Å². The van der Waals surface area contributed by atoms with Gasteiger partial charge in [-0.3, -0.25) is 4.57 Å². The highest BCUT2D eigenvalue weighted by Crippen LogP contribution is 2.29. The molecule has 0 fully saturated rings. The van der Waals surface area contributed by atoms with Gasteiger partial charge in [-0.2, -0.15) is 4.98 Å². The molecule has 0 bridgehead atoms. The monoisotopic (exact) mass is 445 g/mol.